The number of amides is 4. The van der Waals surface area contributed by atoms with E-state index in [1.165, 1.54) is 11.8 Å². The number of anilines is 1. The van der Waals surface area contributed by atoms with Gasteiger partial charge in [0.1, 0.15) is 25.3 Å². The number of benzene rings is 2. The number of rotatable bonds is 6. The van der Waals surface area contributed by atoms with Crippen LogP contribution in [-0.2, 0) is 9.59 Å². The van der Waals surface area contributed by atoms with Gasteiger partial charge in [0.05, 0.1) is 5.69 Å². The van der Waals surface area contributed by atoms with Gasteiger partial charge in [0.2, 0.25) is 5.91 Å². The summed E-state index contributed by atoms with van der Waals surface area (Å²) in [6.07, 6.45) is 1.81. The van der Waals surface area contributed by atoms with Gasteiger partial charge in [-0.05, 0) is 37.8 Å². The normalized spacial score (nSPS) is 22.0. The van der Waals surface area contributed by atoms with Crippen LogP contribution in [0, 0.1) is 5.92 Å². The summed E-state index contributed by atoms with van der Waals surface area (Å²) in [5.41, 5.74) is -0.381. The highest BCUT2D eigenvalue weighted by Crippen LogP contribution is 2.43. The Balaban J connectivity index is 1.36. The summed E-state index contributed by atoms with van der Waals surface area (Å²) < 4.78 is 11.4. The van der Waals surface area contributed by atoms with Crippen molar-refractivity contribution < 1.29 is 23.9 Å². The lowest BCUT2D eigenvalue weighted by Gasteiger charge is -2.22. The van der Waals surface area contributed by atoms with Crippen molar-refractivity contribution in [3.05, 3.63) is 42.5 Å². The van der Waals surface area contributed by atoms with Gasteiger partial charge in [0, 0.05) is 21.9 Å². The summed E-state index contributed by atoms with van der Waals surface area (Å²) in [5, 5.41) is 5.61. The molecule has 2 fully saturated rings. The molecule has 1 atom stereocenters. The van der Waals surface area contributed by atoms with Gasteiger partial charge in [-0.1, -0.05) is 30.0 Å². The number of ether oxygens (including phenoxy) is 2. The summed E-state index contributed by atoms with van der Waals surface area (Å²) in [6.45, 7) is 2.27. The average Bonchev–Trinajstić information content (AvgIpc) is 3.61. The highest BCUT2D eigenvalue weighted by molar-refractivity contribution is 7.99. The van der Waals surface area contributed by atoms with Crippen molar-refractivity contribution in [2.75, 3.05) is 25.1 Å². The maximum Gasteiger partial charge on any atom is 0.325 e. The number of hydrogen-bond acceptors (Lipinski definition) is 6. The molecular formula is C23H23N3O5S. The van der Waals surface area contributed by atoms with Crippen LogP contribution in [-0.4, -0.2) is 48.0 Å². The third kappa shape index (κ3) is 3.88. The molecule has 2 aromatic carbocycles. The Kier molecular flexibility index (Phi) is 5.21. The first-order chi connectivity index (χ1) is 15.4. The van der Waals surface area contributed by atoms with Gasteiger partial charge < -0.3 is 20.1 Å². The molecule has 0 aromatic heterocycles. The molecule has 0 radical (unpaired) electrons. The molecule has 1 unspecified atom stereocenters. The molecule has 2 N–H and O–H groups in total. The van der Waals surface area contributed by atoms with Crippen molar-refractivity contribution in [2.45, 2.75) is 35.1 Å². The van der Waals surface area contributed by atoms with E-state index in [0.29, 0.717) is 30.4 Å². The van der Waals surface area contributed by atoms with Crippen LogP contribution in [0.2, 0.25) is 0 Å². The van der Waals surface area contributed by atoms with Crippen LogP contribution in [0.1, 0.15) is 19.8 Å². The first-order valence-electron chi connectivity index (χ1n) is 10.5. The molecule has 1 saturated carbocycles. The van der Waals surface area contributed by atoms with Crippen LogP contribution >= 0.6 is 11.8 Å². The van der Waals surface area contributed by atoms with Gasteiger partial charge >= 0.3 is 6.03 Å². The molecule has 0 bridgehead atoms. The lowest BCUT2D eigenvalue weighted by Crippen LogP contribution is -2.46. The van der Waals surface area contributed by atoms with Crippen molar-refractivity contribution in [1.29, 1.82) is 0 Å². The van der Waals surface area contributed by atoms with Crippen LogP contribution in [0.5, 0.6) is 11.5 Å². The van der Waals surface area contributed by atoms with Gasteiger partial charge in [0.15, 0.2) is 11.5 Å². The number of urea groups is 1. The van der Waals surface area contributed by atoms with E-state index in [0.717, 1.165) is 27.5 Å². The molecule has 0 spiro atoms. The van der Waals surface area contributed by atoms with Crippen molar-refractivity contribution in [3.8, 4) is 11.5 Å². The molecule has 9 heteroatoms. The van der Waals surface area contributed by atoms with E-state index in [1.54, 1.807) is 13.0 Å². The fourth-order valence-corrected chi connectivity index (χ4v) is 4.93. The second-order valence-electron chi connectivity index (χ2n) is 8.25. The quantitative estimate of drug-likeness (QED) is 0.652. The largest absolute Gasteiger partial charge is 0.486 e. The molecule has 8 nitrogen and oxygen atoms in total. The number of imide groups is 1. The summed E-state index contributed by atoms with van der Waals surface area (Å²) >= 11 is 1.47. The zero-order valence-corrected chi connectivity index (χ0v) is 18.4. The van der Waals surface area contributed by atoms with Gasteiger partial charge in [-0.15, -0.1) is 0 Å². The Morgan fingerprint density at radius 1 is 1.16 bits per heavy atom. The van der Waals surface area contributed by atoms with Crippen LogP contribution < -0.4 is 20.1 Å². The summed E-state index contributed by atoms with van der Waals surface area (Å²) in [5.74, 6) is 0.488. The van der Waals surface area contributed by atoms with Crippen LogP contribution in [0.3, 0.4) is 0 Å². The molecule has 3 aliphatic rings. The maximum atomic E-state index is 12.9. The smallest absolute Gasteiger partial charge is 0.325 e. The molecule has 2 aromatic rings. The van der Waals surface area contributed by atoms with Gasteiger partial charge in [0.25, 0.3) is 5.91 Å². The highest BCUT2D eigenvalue weighted by Gasteiger charge is 2.56. The summed E-state index contributed by atoms with van der Waals surface area (Å²) in [4.78, 5) is 40.8. The number of nitrogens with one attached hydrogen (secondary N) is 2. The molecule has 4 amide bonds. The zero-order valence-electron chi connectivity index (χ0n) is 17.6. The molecular weight excluding hydrogens is 430 g/mol. The molecule has 2 aliphatic heterocycles. The molecule has 32 heavy (non-hydrogen) atoms. The third-order valence-corrected chi connectivity index (χ3v) is 6.95. The SMILES string of the molecule is CC1(C2CC2)NC(=O)N(CC(=O)Nc2cc3c(cc2Sc2ccccc2)OCCO3)C1=O. The Labute approximate surface area is 189 Å². The molecule has 2 heterocycles. The summed E-state index contributed by atoms with van der Waals surface area (Å²) in [7, 11) is 0. The van der Waals surface area contributed by atoms with Gasteiger partial charge in [-0.2, -0.15) is 0 Å². The van der Waals surface area contributed by atoms with Crippen molar-refractivity contribution in [2.24, 2.45) is 5.92 Å². The Morgan fingerprint density at radius 2 is 1.84 bits per heavy atom. The molecule has 5 rings (SSSR count). The summed E-state index contributed by atoms with van der Waals surface area (Å²) in [6, 6.07) is 12.8. The first kappa shape index (κ1) is 20.7. The molecule has 166 valence electrons. The lowest BCUT2D eigenvalue weighted by molar-refractivity contribution is -0.134. The van der Waals surface area contributed by atoms with E-state index in [-0.39, 0.29) is 18.4 Å². The zero-order chi connectivity index (χ0) is 22.3. The van der Waals surface area contributed by atoms with Crippen LogP contribution in [0.25, 0.3) is 0 Å². The fraction of sp³-hybridized carbons (Fsp3) is 0.348. The Bertz CT molecular complexity index is 1090. The topological polar surface area (TPSA) is 97.0 Å². The molecule has 1 aliphatic carbocycles. The second kappa shape index (κ2) is 8.05. The Hall–Kier alpha value is -3.20. The number of fused-ring (bicyclic) bond motifs is 1. The third-order valence-electron chi connectivity index (χ3n) is 5.89. The number of hydrogen-bond donors (Lipinski definition) is 2. The van der Waals surface area contributed by atoms with Gasteiger partial charge in [-0.3, -0.25) is 14.5 Å². The first-order valence-corrected chi connectivity index (χ1v) is 11.4. The van der Waals surface area contributed by atoms with E-state index in [9.17, 15) is 14.4 Å². The molecule has 1 saturated heterocycles. The average molecular weight is 454 g/mol. The highest BCUT2D eigenvalue weighted by atomic mass is 32.2. The number of nitrogens with zero attached hydrogens (tertiary/aromatic N) is 1. The number of carbonyl (C=O) groups is 3. The van der Waals surface area contributed by atoms with E-state index < -0.39 is 17.5 Å². The van der Waals surface area contributed by atoms with Crippen LogP contribution in [0.4, 0.5) is 10.5 Å². The standard InChI is InChI=1S/C23H23N3O5S/c1-23(14-7-8-14)21(28)26(22(29)25-23)13-20(27)24-16-11-17-18(31-10-9-30-17)12-19(16)32-15-5-3-2-4-6-15/h2-6,11-12,14H,7-10,13H2,1H3,(H,24,27)(H,25,29). The van der Waals surface area contributed by atoms with E-state index in [1.807, 2.05) is 36.4 Å². The minimum absolute atomic E-state index is 0.138. The van der Waals surface area contributed by atoms with Gasteiger partial charge in [-0.25, -0.2) is 4.79 Å². The lowest BCUT2D eigenvalue weighted by atomic mass is 9.96. The minimum atomic E-state index is -0.914. The van der Waals surface area contributed by atoms with E-state index >= 15 is 0 Å². The predicted molar refractivity (Wildman–Crippen MR) is 118 cm³/mol. The number of carbonyl (C=O) groups excluding carboxylic acids is 3. The van der Waals surface area contributed by atoms with E-state index in [2.05, 4.69) is 10.6 Å². The predicted octanol–water partition coefficient (Wildman–Crippen LogP) is 3.27. The fourth-order valence-electron chi connectivity index (χ4n) is 4.00. The Morgan fingerprint density at radius 3 is 2.53 bits per heavy atom. The monoisotopic (exact) mass is 453 g/mol. The second-order valence-corrected chi connectivity index (χ2v) is 9.37. The minimum Gasteiger partial charge on any atom is -0.486 e. The van der Waals surface area contributed by atoms with Crippen molar-refractivity contribution >= 4 is 35.3 Å². The van der Waals surface area contributed by atoms with Crippen LogP contribution in [0.15, 0.2) is 52.3 Å². The van der Waals surface area contributed by atoms with Crippen molar-refractivity contribution in [1.82, 2.24) is 10.2 Å². The maximum absolute atomic E-state index is 12.9. The van der Waals surface area contributed by atoms with Crippen molar-refractivity contribution in [3.63, 3.8) is 0 Å². The van der Waals surface area contributed by atoms with E-state index in [4.69, 9.17) is 9.47 Å².